The molecule has 2 fully saturated rings. The van der Waals surface area contributed by atoms with Crippen molar-refractivity contribution in [2.24, 2.45) is 11.8 Å². The van der Waals surface area contributed by atoms with E-state index in [0.29, 0.717) is 12.6 Å². The van der Waals surface area contributed by atoms with Crippen LogP contribution in [0.5, 0.6) is 0 Å². The van der Waals surface area contributed by atoms with Gasteiger partial charge in [-0.15, -0.1) is 0 Å². The van der Waals surface area contributed by atoms with Gasteiger partial charge in [-0.25, -0.2) is 0 Å². The highest BCUT2D eigenvalue weighted by atomic mass is 16.3. The quantitative estimate of drug-likeness (QED) is 0.759. The predicted molar refractivity (Wildman–Crippen MR) is 75.7 cm³/mol. The van der Waals surface area contributed by atoms with Gasteiger partial charge in [0, 0.05) is 19.1 Å². The Balaban J connectivity index is 1.71. The van der Waals surface area contributed by atoms with Gasteiger partial charge >= 0.3 is 0 Å². The lowest BCUT2D eigenvalue weighted by molar-refractivity contribution is 0.0290. The molecule has 0 aromatic heterocycles. The van der Waals surface area contributed by atoms with Gasteiger partial charge in [-0.1, -0.05) is 12.8 Å². The molecule has 0 bridgehead atoms. The number of rotatable bonds is 6. The summed E-state index contributed by atoms with van der Waals surface area (Å²) < 4.78 is 0. The third-order valence-electron chi connectivity index (χ3n) is 4.43. The first kappa shape index (κ1) is 14.3. The molecule has 0 heterocycles. The van der Waals surface area contributed by atoms with E-state index in [2.05, 4.69) is 10.2 Å². The van der Waals surface area contributed by atoms with Crippen LogP contribution in [0.3, 0.4) is 0 Å². The van der Waals surface area contributed by atoms with E-state index < -0.39 is 5.60 Å². The largest absolute Gasteiger partial charge is 0.388 e. The number of hydrogen-bond donors (Lipinski definition) is 2. The van der Waals surface area contributed by atoms with Crippen LogP contribution >= 0.6 is 0 Å². The Morgan fingerprint density at radius 1 is 1.17 bits per heavy atom. The molecule has 0 aromatic carbocycles. The number of hydrogen-bond acceptors (Lipinski definition) is 3. The van der Waals surface area contributed by atoms with Crippen molar-refractivity contribution in [2.45, 2.75) is 57.1 Å². The van der Waals surface area contributed by atoms with Gasteiger partial charge in [-0.05, 0) is 58.5 Å². The molecule has 18 heavy (non-hydrogen) atoms. The number of likely N-dealkylation sites (N-methyl/N-ethyl adjacent to an activating group) is 1. The average Bonchev–Trinajstić information content (AvgIpc) is 3.09. The molecule has 2 N–H and O–H groups in total. The Bertz CT molecular complexity index is 261. The van der Waals surface area contributed by atoms with Crippen molar-refractivity contribution in [3.8, 4) is 0 Å². The monoisotopic (exact) mass is 254 g/mol. The molecule has 0 aromatic rings. The van der Waals surface area contributed by atoms with E-state index in [-0.39, 0.29) is 0 Å². The Hall–Kier alpha value is -0.120. The van der Waals surface area contributed by atoms with E-state index in [9.17, 15) is 5.11 Å². The lowest BCUT2D eigenvalue weighted by Gasteiger charge is -2.33. The van der Waals surface area contributed by atoms with Crippen LogP contribution in [0.1, 0.15) is 45.4 Å². The molecule has 3 nitrogen and oxygen atoms in total. The fraction of sp³-hybridized carbons (Fsp3) is 1.00. The maximum Gasteiger partial charge on any atom is 0.0869 e. The zero-order valence-electron chi connectivity index (χ0n) is 12.3. The minimum Gasteiger partial charge on any atom is -0.388 e. The fourth-order valence-electron chi connectivity index (χ4n) is 3.51. The first-order valence-electron chi connectivity index (χ1n) is 7.57. The maximum absolute atomic E-state index is 10.3. The highest BCUT2D eigenvalue weighted by Crippen LogP contribution is 2.43. The van der Waals surface area contributed by atoms with Gasteiger partial charge in [-0.3, -0.25) is 0 Å². The molecule has 0 radical (unpaired) electrons. The summed E-state index contributed by atoms with van der Waals surface area (Å²) >= 11 is 0. The number of aliphatic hydroxyl groups is 1. The van der Waals surface area contributed by atoms with Gasteiger partial charge in [0.1, 0.15) is 0 Å². The SMILES string of the molecule is CN(C)CC(C)(O)CNC1CCCC(C2CC2)C1. The lowest BCUT2D eigenvalue weighted by atomic mass is 9.82. The molecule has 3 unspecified atom stereocenters. The van der Waals surface area contributed by atoms with Gasteiger partial charge in [-0.2, -0.15) is 0 Å². The second-order valence-electron chi connectivity index (χ2n) is 7.08. The standard InChI is InChI=1S/C15H30N2O/c1-15(18,11-17(2)3)10-16-14-6-4-5-13(9-14)12-7-8-12/h12-14,16,18H,4-11H2,1-3H3. The summed E-state index contributed by atoms with van der Waals surface area (Å²) in [7, 11) is 4.02. The number of nitrogens with one attached hydrogen (secondary N) is 1. The van der Waals surface area contributed by atoms with Crippen molar-refractivity contribution in [1.82, 2.24) is 10.2 Å². The van der Waals surface area contributed by atoms with Crippen LogP contribution in [0.25, 0.3) is 0 Å². The third kappa shape index (κ3) is 4.52. The first-order valence-corrected chi connectivity index (χ1v) is 7.57. The average molecular weight is 254 g/mol. The molecular weight excluding hydrogens is 224 g/mol. The molecule has 2 saturated carbocycles. The fourth-order valence-corrected chi connectivity index (χ4v) is 3.51. The summed E-state index contributed by atoms with van der Waals surface area (Å²) in [6.07, 6.45) is 8.38. The summed E-state index contributed by atoms with van der Waals surface area (Å²) in [4.78, 5) is 2.05. The molecule has 3 atom stereocenters. The Morgan fingerprint density at radius 3 is 2.50 bits per heavy atom. The van der Waals surface area contributed by atoms with Crippen LogP contribution in [-0.4, -0.2) is 48.8 Å². The van der Waals surface area contributed by atoms with E-state index in [0.717, 1.165) is 18.4 Å². The van der Waals surface area contributed by atoms with E-state index in [1.165, 1.54) is 38.5 Å². The molecule has 0 saturated heterocycles. The Kier molecular flexibility index (Phi) is 4.68. The molecule has 2 rings (SSSR count). The molecule has 0 amide bonds. The smallest absolute Gasteiger partial charge is 0.0869 e. The first-order chi connectivity index (χ1) is 8.46. The predicted octanol–water partition coefficient (Wildman–Crippen LogP) is 1.86. The third-order valence-corrected chi connectivity index (χ3v) is 4.43. The van der Waals surface area contributed by atoms with Gasteiger partial charge < -0.3 is 15.3 Å². The van der Waals surface area contributed by atoms with Gasteiger partial charge in [0.25, 0.3) is 0 Å². The lowest BCUT2D eigenvalue weighted by Crippen LogP contribution is -2.49. The topological polar surface area (TPSA) is 35.5 Å². The molecule has 3 heteroatoms. The van der Waals surface area contributed by atoms with Crippen LogP contribution in [0.15, 0.2) is 0 Å². The van der Waals surface area contributed by atoms with Crippen molar-refractivity contribution in [2.75, 3.05) is 27.2 Å². The van der Waals surface area contributed by atoms with E-state index in [1.807, 2.05) is 21.0 Å². The van der Waals surface area contributed by atoms with Crippen LogP contribution in [0.2, 0.25) is 0 Å². The van der Waals surface area contributed by atoms with Crippen molar-refractivity contribution in [3.63, 3.8) is 0 Å². The highest BCUT2D eigenvalue weighted by molar-refractivity contribution is 4.89. The number of nitrogens with zero attached hydrogens (tertiary/aromatic N) is 1. The van der Waals surface area contributed by atoms with E-state index >= 15 is 0 Å². The molecule has 0 spiro atoms. The maximum atomic E-state index is 10.3. The molecule has 0 aliphatic heterocycles. The minimum atomic E-state index is -0.615. The minimum absolute atomic E-state index is 0.615. The van der Waals surface area contributed by atoms with Crippen LogP contribution in [0, 0.1) is 11.8 Å². The Labute approximate surface area is 112 Å². The summed E-state index contributed by atoms with van der Waals surface area (Å²) in [5.74, 6) is 2.01. The second kappa shape index (κ2) is 5.89. The van der Waals surface area contributed by atoms with Crippen LogP contribution in [0.4, 0.5) is 0 Å². The van der Waals surface area contributed by atoms with Crippen molar-refractivity contribution in [3.05, 3.63) is 0 Å². The molecule has 106 valence electrons. The van der Waals surface area contributed by atoms with Gasteiger partial charge in [0.2, 0.25) is 0 Å². The van der Waals surface area contributed by atoms with Gasteiger partial charge in [0.05, 0.1) is 5.60 Å². The zero-order valence-corrected chi connectivity index (χ0v) is 12.3. The normalized spacial score (nSPS) is 32.5. The Morgan fingerprint density at radius 2 is 1.89 bits per heavy atom. The summed E-state index contributed by atoms with van der Waals surface area (Å²) in [5, 5.41) is 13.9. The summed E-state index contributed by atoms with van der Waals surface area (Å²) in [5.41, 5.74) is -0.615. The van der Waals surface area contributed by atoms with Crippen LogP contribution in [-0.2, 0) is 0 Å². The zero-order chi connectivity index (χ0) is 13.2. The second-order valence-corrected chi connectivity index (χ2v) is 7.08. The van der Waals surface area contributed by atoms with Crippen LogP contribution < -0.4 is 5.32 Å². The molecule has 2 aliphatic rings. The molecule has 2 aliphatic carbocycles. The van der Waals surface area contributed by atoms with E-state index in [4.69, 9.17) is 0 Å². The van der Waals surface area contributed by atoms with E-state index in [1.54, 1.807) is 0 Å². The highest BCUT2D eigenvalue weighted by Gasteiger charge is 2.35. The van der Waals surface area contributed by atoms with Crippen molar-refractivity contribution in [1.29, 1.82) is 0 Å². The summed E-state index contributed by atoms with van der Waals surface area (Å²) in [6.45, 7) is 3.37. The van der Waals surface area contributed by atoms with Crippen molar-refractivity contribution < 1.29 is 5.11 Å². The molecular formula is C15H30N2O. The summed E-state index contributed by atoms with van der Waals surface area (Å²) in [6, 6.07) is 0.637. The van der Waals surface area contributed by atoms with Gasteiger partial charge in [0.15, 0.2) is 0 Å². The van der Waals surface area contributed by atoms with Crippen molar-refractivity contribution >= 4 is 0 Å².